The van der Waals surface area contributed by atoms with E-state index in [-0.39, 0.29) is 12.6 Å². The van der Waals surface area contributed by atoms with Gasteiger partial charge in [-0.1, -0.05) is 30.3 Å². The maximum absolute atomic E-state index is 12.2. The summed E-state index contributed by atoms with van der Waals surface area (Å²) >= 11 is 0. The maximum Gasteiger partial charge on any atom is 0.408 e. The summed E-state index contributed by atoms with van der Waals surface area (Å²) < 4.78 is 5.37. The van der Waals surface area contributed by atoms with E-state index in [2.05, 4.69) is 10.3 Å². The third-order valence-electron chi connectivity index (χ3n) is 3.46. The fourth-order valence-electron chi connectivity index (χ4n) is 2.45. The lowest BCUT2D eigenvalue weighted by Gasteiger charge is -2.25. The Morgan fingerprint density at radius 2 is 1.96 bits per heavy atom. The number of benzene rings is 1. The number of hydrogen-bond donors (Lipinski definition) is 2. The molecule has 0 spiro atoms. The van der Waals surface area contributed by atoms with Gasteiger partial charge in [0.05, 0.1) is 12.6 Å². The Bertz CT molecular complexity index is 666. The van der Waals surface area contributed by atoms with Gasteiger partial charge in [0.1, 0.15) is 5.60 Å². The summed E-state index contributed by atoms with van der Waals surface area (Å²) in [4.78, 5) is 16.3. The van der Waals surface area contributed by atoms with Crippen LogP contribution in [0.25, 0.3) is 0 Å². The molecule has 0 bridgehead atoms. The Morgan fingerprint density at radius 3 is 2.58 bits per heavy atom. The van der Waals surface area contributed by atoms with E-state index in [4.69, 9.17) is 4.74 Å². The number of hydrogen-bond acceptors (Lipinski definition) is 4. The Balaban J connectivity index is 2.26. The van der Waals surface area contributed by atoms with Gasteiger partial charge in [-0.15, -0.1) is 0 Å². The van der Waals surface area contributed by atoms with Gasteiger partial charge in [0, 0.05) is 18.0 Å². The lowest BCUT2D eigenvalue weighted by molar-refractivity contribution is 0.0502. The number of alkyl carbamates (subject to hydrolysis) is 1. The quantitative estimate of drug-likeness (QED) is 0.882. The normalized spacial score (nSPS) is 12.5. The molecule has 1 aromatic heterocycles. The van der Waals surface area contributed by atoms with Gasteiger partial charge in [0.25, 0.3) is 0 Å². The van der Waals surface area contributed by atoms with E-state index in [1.165, 1.54) is 0 Å². The van der Waals surface area contributed by atoms with Crippen molar-refractivity contribution in [2.24, 2.45) is 0 Å². The monoisotopic (exact) mass is 328 g/mol. The molecule has 0 aliphatic heterocycles. The molecule has 1 aromatic carbocycles. The van der Waals surface area contributed by atoms with Gasteiger partial charge in [-0.05, 0) is 44.4 Å². The second kappa shape index (κ2) is 7.93. The number of nitrogens with zero attached hydrogens (tertiary/aromatic N) is 1. The molecule has 1 heterocycles. The first-order valence-electron chi connectivity index (χ1n) is 7.96. The summed E-state index contributed by atoms with van der Waals surface area (Å²) in [5.41, 5.74) is 2.04. The van der Waals surface area contributed by atoms with E-state index in [1.54, 1.807) is 12.4 Å². The molecule has 24 heavy (non-hydrogen) atoms. The molecule has 5 nitrogen and oxygen atoms in total. The molecule has 0 aliphatic carbocycles. The van der Waals surface area contributed by atoms with Gasteiger partial charge in [-0.3, -0.25) is 4.98 Å². The van der Waals surface area contributed by atoms with Crippen LogP contribution in [0, 0.1) is 0 Å². The van der Waals surface area contributed by atoms with Crippen molar-refractivity contribution in [1.29, 1.82) is 0 Å². The fourth-order valence-corrected chi connectivity index (χ4v) is 2.45. The SMILES string of the molecule is CC(C)(C)OC(=O)NC(Cc1ccccc1)c1ccncc1CO. The van der Waals surface area contributed by atoms with Gasteiger partial charge in [0.2, 0.25) is 0 Å². The molecule has 0 saturated carbocycles. The van der Waals surface area contributed by atoms with Crippen LogP contribution in [-0.4, -0.2) is 21.8 Å². The lowest BCUT2D eigenvalue weighted by atomic mass is 9.96. The van der Waals surface area contributed by atoms with Crippen LogP contribution in [0.3, 0.4) is 0 Å². The first kappa shape index (κ1) is 17.9. The average molecular weight is 328 g/mol. The molecule has 0 aliphatic rings. The Hall–Kier alpha value is -2.40. The Labute approximate surface area is 142 Å². The van der Waals surface area contributed by atoms with Crippen LogP contribution in [0.15, 0.2) is 48.8 Å². The zero-order chi connectivity index (χ0) is 17.6. The Morgan fingerprint density at radius 1 is 1.25 bits per heavy atom. The van der Waals surface area contributed by atoms with E-state index < -0.39 is 11.7 Å². The highest BCUT2D eigenvalue weighted by Crippen LogP contribution is 2.22. The topological polar surface area (TPSA) is 71.5 Å². The van der Waals surface area contributed by atoms with Crippen molar-refractivity contribution in [2.45, 2.75) is 45.4 Å². The molecule has 0 saturated heterocycles. The summed E-state index contributed by atoms with van der Waals surface area (Å²) in [5, 5.41) is 12.5. The summed E-state index contributed by atoms with van der Waals surface area (Å²) in [5.74, 6) is 0. The predicted molar refractivity (Wildman–Crippen MR) is 92.4 cm³/mol. The van der Waals surface area contributed by atoms with E-state index in [1.807, 2.05) is 57.2 Å². The van der Waals surface area contributed by atoms with E-state index in [9.17, 15) is 9.90 Å². The van der Waals surface area contributed by atoms with Gasteiger partial charge >= 0.3 is 6.09 Å². The van der Waals surface area contributed by atoms with Gasteiger partial charge in [0.15, 0.2) is 0 Å². The van der Waals surface area contributed by atoms with Crippen LogP contribution in [0.2, 0.25) is 0 Å². The van der Waals surface area contributed by atoms with Crippen molar-refractivity contribution in [1.82, 2.24) is 10.3 Å². The molecular weight excluding hydrogens is 304 g/mol. The number of carbonyl (C=O) groups is 1. The minimum Gasteiger partial charge on any atom is -0.444 e. The standard InChI is InChI=1S/C19H24N2O3/c1-19(2,3)24-18(23)21-17(11-14-7-5-4-6-8-14)16-9-10-20-12-15(16)13-22/h4-10,12,17,22H,11,13H2,1-3H3,(H,21,23). The van der Waals surface area contributed by atoms with Crippen molar-refractivity contribution in [3.05, 3.63) is 65.5 Å². The van der Waals surface area contributed by atoms with Crippen molar-refractivity contribution < 1.29 is 14.6 Å². The van der Waals surface area contributed by atoms with Crippen LogP contribution < -0.4 is 5.32 Å². The van der Waals surface area contributed by atoms with Crippen LogP contribution in [0.1, 0.15) is 43.5 Å². The number of aliphatic hydroxyl groups is 1. The van der Waals surface area contributed by atoms with E-state index in [0.29, 0.717) is 12.0 Å². The molecule has 128 valence electrons. The number of carbonyl (C=O) groups excluding carboxylic acids is 1. The van der Waals surface area contributed by atoms with Crippen LogP contribution in [0.5, 0.6) is 0 Å². The average Bonchev–Trinajstić information content (AvgIpc) is 2.53. The zero-order valence-corrected chi connectivity index (χ0v) is 14.3. The van der Waals surface area contributed by atoms with Crippen LogP contribution >= 0.6 is 0 Å². The third-order valence-corrected chi connectivity index (χ3v) is 3.46. The highest BCUT2D eigenvalue weighted by Gasteiger charge is 2.22. The van der Waals surface area contributed by atoms with E-state index in [0.717, 1.165) is 11.1 Å². The largest absolute Gasteiger partial charge is 0.444 e. The summed E-state index contributed by atoms with van der Waals surface area (Å²) in [7, 11) is 0. The molecule has 2 N–H and O–H groups in total. The van der Waals surface area contributed by atoms with Gasteiger partial charge < -0.3 is 15.2 Å². The van der Waals surface area contributed by atoms with Gasteiger partial charge in [-0.2, -0.15) is 0 Å². The van der Waals surface area contributed by atoms with Crippen LogP contribution in [0.4, 0.5) is 4.79 Å². The molecular formula is C19H24N2O3. The van der Waals surface area contributed by atoms with Gasteiger partial charge in [-0.25, -0.2) is 4.79 Å². The number of aliphatic hydroxyl groups excluding tert-OH is 1. The van der Waals surface area contributed by atoms with Crippen molar-refractivity contribution in [3.63, 3.8) is 0 Å². The number of pyridine rings is 1. The minimum atomic E-state index is -0.570. The second-order valence-electron chi connectivity index (χ2n) is 6.62. The van der Waals surface area contributed by atoms with Crippen molar-refractivity contribution >= 4 is 6.09 Å². The predicted octanol–water partition coefficient (Wildman–Crippen LogP) is 3.38. The summed E-state index contributed by atoms with van der Waals surface area (Å²) in [6, 6.07) is 11.4. The molecule has 5 heteroatoms. The molecule has 2 aromatic rings. The molecule has 2 rings (SSSR count). The highest BCUT2D eigenvalue weighted by atomic mass is 16.6. The fraction of sp³-hybridized carbons (Fsp3) is 0.368. The first-order chi connectivity index (χ1) is 11.4. The number of rotatable bonds is 5. The second-order valence-corrected chi connectivity index (χ2v) is 6.62. The number of aromatic nitrogens is 1. The molecule has 1 amide bonds. The summed E-state index contributed by atoms with van der Waals surface area (Å²) in [6.07, 6.45) is 3.38. The smallest absolute Gasteiger partial charge is 0.408 e. The molecule has 1 atom stereocenters. The molecule has 0 fully saturated rings. The maximum atomic E-state index is 12.2. The number of nitrogens with one attached hydrogen (secondary N) is 1. The number of ether oxygens (including phenoxy) is 1. The minimum absolute atomic E-state index is 0.134. The highest BCUT2D eigenvalue weighted by molar-refractivity contribution is 5.68. The van der Waals surface area contributed by atoms with Crippen LogP contribution in [-0.2, 0) is 17.8 Å². The lowest BCUT2D eigenvalue weighted by Crippen LogP contribution is -2.36. The summed E-state index contributed by atoms with van der Waals surface area (Å²) in [6.45, 7) is 5.34. The number of amides is 1. The van der Waals surface area contributed by atoms with E-state index >= 15 is 0 Å². The third kappa shape index (κ3) is 5.35. The Kier molecular flexibility index (Phi) is 5.93. The van der Waals surface area contributed by atoms with Crippen molar-refractivity contribution in [3.8, 4) is 0 Å². The van der Waals surface area contributed by atoms with Crippen molar-refractivity contribution in [2.75, 3.05) is 0 Å². The molecule has 0 radical (unpaired) electrons. The molecule has 1 unspecified atom stereocenters. The first-order valence-corrected chi connectivity index (χ1v) is 7.96. The zero-order valence-electron chi connectivity index (χ0n) is 14.3.